The molecule has 0 atom stereocenters. The normalized spacial score (nSPS) is 16.1. The second kappa shape index (κ2) is 4.29. The van der Waals surface area contributed by atoms with Crippen LogP contribution in [0.5, 0.6) is 5.75 Å². The number of hydrogen-bond donors (Lipinski definition) is 1. The summed E-state index contributed by atoms with van der Waals surface area (Å²) in [7, 11) is 0. The lowest BCUT2D eigenvalue weighted by atomic mass is 10.2. The van der Waals surface area contributed by atoms with Crippen molar-refractivity contribution in [1.82, 2.24) is 0 Å². The van der Waals surface area contributed by atoms with Crippen molar-refractivity contribution < 1.29 is 4.74 Å². The Kier molecular flexibility index (Phi) is 2.84. The quantitative estimate of drug-likeness (QED) is 0.788. The Morgan fingerprint density at radius 1 is 1.29 bits per heavy atom. The first-order valence-electron chi connectivity index (χ1n) is 5.02. The van der Waals surface area contributed by atoms with Crippen LogP contribution in [0, 0.1) is 0 Å². The average molecular weight is 189 g/mol. The predicted molar refractivity (Wildman–Crippen MR) is 58.2 cm³/mol. The summed E-state index contributed by atoms with van der Waals surface area (Å²) in [4.78, 5) is 0. The molecule has 14 heavy (non-hydrogen) atoms. The van der Waals surface area contributed by atoms with Gasteiger partial charge in [0.15, 0.2) is 0 Å². The summed E-state index contributed by atoms with van der Waals surface area (Å²) < 4.78 is 5.64. The maximum absolute atomic E-state index is 5.64. The van der Waals surface area contributed by atoms with E-state index in [1.54, 1.807) is 0 Å². The zero-order chi connectivity index (χ0) is 9.80. The molecule has 0 bridgehead atoms. The summed E-state index contributed by atoms with van der Waals surface area (Å²) in [6, 6.07) is 8.11. The molecule has 1 fully saturated rings. The SMILES string of the molecule is NC/C=C/c1ccc(OC2CC2)cc1. The lowest BCUT2D eigenvalue weighted by molar-refractivity contribution is 0.303. The average Bonchev–Trinajstić information content (AvgIpc) is 3.01. The third-order valence-corrected chi connectivity index (χ3v) is 2.15. The molecule has 1 aliphatic rings. The van der Waals surface area contributed by atoms with Crippen LogP contribution in [0.1, 0.15) is 18.4 Å². The van der Waals surface area contributed by atoms with Gasteiger partial charge in [0.1, 0.15) is 5.75 Å². The van der Waals surface area contributed by atoms with Crippen molar-refractivity contribution >= 4 is 6.08 Å². The van der Waals surface area contributed by atoms with Gasteiger partial charge in [0.25, 0.3) is 0 Å². The zero-order valence-electron chi connectivity index (χ0n) is 8.15. The van der Waals surface area contributed by atoms with Gasteiger partial charge in [-0.25, -0.2) is 0 Å². The van der Waals surface area contributed by atoms with Gasteiger partial charge in [0.05, 0.1) is 6.10 Å². The number of benzene rings is 1. The summed E-state index contributed by atoms with van der Waals surface area (Å²) in [5.41, 5.74) is 6.53. The van der Waals surface area contributed by atoms with Gasteiger partial charge < -0.3 is 10.5 Å². The second-order valence-corrected chi connectivity index (χ2v) is 3.52. The van der Waals surface area contributed by atoms with E-state index in [0.717, 1.165) is 5.75 Å². The van der Waals surface area contributed by atoms with Gasteiger partial charge in [-0.2, -0.15) is 0 Å². The maximum atomic E-state index is 5.64. The molecule has 0 spiro atoms. The molecule has 0 heterocycles. The van der Waals surface area contributed by atoms with Gasteiger partial charge in [-0.05, 0) is 30.5 Å². The Morgan fingerprint density at radius 3 is 2.57 bits per heavy atom. The van der Waals surface area contributed by atoms with Crippen LogP contribution in [0.15, 0.2) is 30.3 Å². The standard InChI is InChI=1S/C12H15NO/c13-9-1-2-10-3-5-11(6-4-10)14-12-7-8-12/h1-6,12H,7-9,13H2/b2-1+. The maximum Gasteiger partial charge on any atom is 0.119 e. The number of nitrogens with two attached hydrogens (primary N) is 1. The molecular weight excluding hydrogens is 174 g/mol. The van der Waals surface area contributed by atoms with Crippen LogP contribution in [0.3, 0.4) is 0 Å². The van der Waals surface area contributed by atoms with Crippen LogP contribution in [0.25, 0.3) is 6.08 Å². The Hall–Kier alpha value is -1.28. The van der Waals surface area contributed by atoms with Gasteiger partial charge in [0.2, 0.25) is 0 Å². The molecule has 1 saturated carbocycles. The summed E-state index contributed by atoms with van der Waals surface area (Å²) >= 11 is 0. The van der Waals surface area contributed by atoms with Crippen molar-refractivity contribution in [2.24, 2.45) is 5.73 Å². The minimum absolute atomic E-state index is 0.473. The minimum atomic E-state index is 0.473. The van der Waals surface area contributed by atoms with Crippen molar-refractivity contribution in [1.29, 1.82) is 0 Å². The van der Waals surface area contributed by atoms with Crippen molar-refractivity contribution in [2.45, 2.75) is 18.9 Å². The van der Waals surface area contributed by atoms with Gasteiger partial charge in [0, 0.05) is 6.54 Å². The topological polar surface area (TPSA) is 35.2 Å². The summed E-state index contributed by atoms with van der Waals surface area (Å²) in [6.07, 6.45) is 6.84. The van der Waals surface area contributed by atoms with E-state index in [-0.39, 0.29) is 0 Å². The van der Waals surface area contributed by atoms with E-state index in [4.69, 9.17) is 10.5 Å². The highest BCUT2D eigenvalue weighted by Crippen LogP contribution is 2.26. The zero-order valence-corrected chi connectivity index (χ0v) is 8.15. The number of hydrogen-bond acceptors (Lipinski definition) is 2. The summed E-state index contributed by atoms with van der Waals surface area (Å²) in [5, 5.41) is 0. The van der Waals surface area contributed by atoms with Crippen LogP contribution in [-0.4, -0.2) is 12.6 Å². The molecule has 0 aromatic heterocycles. The van der Waals surface area contributed by atoms with Gasteiger partial charge in [-0.1, -0.05) is 24.3 Å². The van der Waals surface area contributed by atoms with E-state index < -0.39 is 0 Å². The first-order valence-corrected chi connectivity index (χ1v) is 5.02. The molecule has 1 aliphatic carbocycles. The third-order valence-electron chi connectivity index (χ3n) is 2.15. The lowest BCUT2D eigenvalue weighted by Crippen LogP contribution is -1.95. The molecule has 0 saturated heterocycles. The smallest absolute Gasteiger partial charge is 0.119 e. The Labute approximate surface area is 84.4 Å². The molecule has 0 amide bonds. The lowest BCUT2D eigenvalue weighted by Gasteiger charge is -2.03. The third kappa shape index (κ3) is 2.60. The molecule has 0 radical (unpaired) electrons. The Bertz CT molecular complexity index is 312. The second-order valence-electron chi connectivity index (χ2n) is 3.52. The van der Waals surface area contributed by atoms with Crippen LogP contribution in [-0.2, 0) is 0 Å². The summed E-state index contributed by atoms with van der Waals surface area (Å²) in [5.74, 6) is 0.970. The fourth-order valence-corrected chi connectivity index (χ4v) is 1.24. The van der Waals surface area contributed by atoms with Gasteiger partial charge in [-0.3, -0.25) is 0 Å². The van der Waals surface area contributed by atoms with Crippen molar-refractivity contribution in [3.63, 3.8) is 0 Å². The van der Waals surface area contributed by atoms with Crippen LogP contribution in [0.4, 0.5) is 0 Å². The molecule has 2 rings (SSSR count). The van der Waals surface area contributed by atoms with E-state index in [9.17, 15) is 0 Å². The highest BCUT2D eigenvalue weighted by atomic mass is 16.5. The van der Waals surface area contributed by atoms with E-state index in [2.05, 4.69) is 0 Å². The fourth-order valence-electron chi connectivity index (χ4n) is 1.24. The van der Waals surface area contributed by atoms with Crippen LogP contribution >= 0.6 is 0 Å². The van der Waals surface area contributed by atoms with E-state index in [1.807, 2.05) is 36.4 Å². The predicted octanol–water partition coefficient (Wildman–Crippen LogP) is 2.20. The first-order chi connectivity index (χ1) is 6.88. The molecule has 0 unspecified atom stereocenters. The van der Waals surface area contributed by atoms with Crippen molar-refractivity contribution in [3.05, 3.63) is 35.9 Å². The Balaban J connectivity index is 1.97. The van der Waals surface area contributed by atoms with E-state index in [1.165, 1.54) is 18.4 Å². The number of rotatable bonds is 4. The van der Waals surface area contributed by atoms with E-state index >= 15 is 0 Å². The van der Waals surface area contributed by atoms with E-state index in [0.29, 0.717) is 12.6 Å². The fraction of sp³-hybridized carbons (Fsp3) is 0.333. The largest absolute Gasteiger partial charge is 0.490 e. The van der Waals surface area contributed by atoms with Crippen LogP contribution < -0.4 is 10.5 Å². The van der Waals surface area contributed by atoms with Crippen molar-refractivity contribution in [3.8, 4) is 5.75 Å². The molecule has 1 aromatic carbocycles. The molecule has 2 nitrogen and oxygen atoms in total. The molecule has 1 aromatic rings. The molecule has 2 N–H and O–H groups in total. The Morgan fingerprint density at radius 2 is 2.00 bits per heavy atom. The highest BCUT2D eigenvalue weighted by molar-refractivity contribution is 5.50. The van der Waals surface area contributed by atoms with Gasteiger partial charge in [-0.15, -0.1) is 0 Å². The van der Waals surface area contributed by atoms with Crippen LogP contribution in [0.2, 0.25) is 0 Å². The summed E-state index contributed by atoms with van der Waals surface area (Å²) in [6.45, 7) is 0.584. The highest BCUT2D eigenvalue weighted by Gasteiger charge is 2.23. The molecule has 74 valence electrons. The van der Waals surface area contributed by atoms with Crippen molar-refractivity contribution in [2.75, 3.05) is 6.54 Å². The van der Waals surface area contributed by atoms with Gasteiger partial charge >= 0.3 is 0 Å². The molecule has 0 aliphatic heterocycles. The molecular formula is C12H15NO. The molecule has 2 heteroatoms. The minimum Gasteiger partial charge on any atom is -0.490 e. The first kappa shape index (κ1) is 9.28. The number of ether oxygens (including phenoxy) is 1. The monoisotopic (exact) mass is 189 g/mol.